The van der Waals surface area contributed by atoms with Crippen molar-refractivity contribution in [1.29, 1.82) is 0 Å². The van der Waals surface area contributed by atoms with E-state index in [2.05, 4.69) is 9.88 Å². The molecule has 2 aromatic rings. The van der Waals surface area contributed by atoms with E-state index in [0.29, 0.717) is 5.82 Å². The summed E-state index contributed by atoms with van der Waals surface area (Å²) in [4.78, 5) is 17.4. The molecule has 0 spiro atoms. The lowest BCUT2D eigenvalue weighted by Crippen LogP contribution is -2.39. The summed E-state index contributed by atoms with van der Waals surface area (Å²) in [6.07, 6.45) is 1.89. The lowest BCUT2D eigenvalue weighted by Gasteiger charge is -2.33. The molecule has 1 aliphatic heterocycles. The molecule has 3 rings (SSSR count). The van der Waals surface area contributed by atoms with Gasteiger partial charge in [-0.25, -0.2) is 9.78 Å². The zero-order valence-corrected chi connectivity index (χ0v) is 14.2. The molecule has 0 bridgehead atoms. The first-order valence-electron chi connectivity index (χ1n) is 7.91. The number of carbonyl (C=O) groups is 1. The van der Waals surface area contributed by atoms with E-state index in [4.69, 9.17) is 21.4 Å². The molecule has 0 aliphatic carbocycles. The number of halogens is 1. The van der Waals surface area contributed by atoms with Gasteiger partial charge in [0.25, 0.3) is 0 Å². The second kappa shape index (κ2) is 7.09. The van der Waals surface area contributed by atoms with Gasteiger partial charge in [-0.3, -0.25) is 0 Å². The summed E-state index contributed by atoms with van der Waals surface area (Å²) in [6.45, 7) is 3.57. The van der Waals surface area contributed by atoms with Gasteiger partial charge in [-0.2, -0.15) is 0 Å². The number of hydrogen-bond donors (Lipinski definition) is 1. The van der Waals surface area contributed by atoms with Gasteiger partial charge in [0.05, 0.1) is 5.02 Å². The van der Waals surface area contributed by atoms with Crippen molar-refractivity contribution in [3.63, 3.8) is 0 Å². The summed E-state index contributed by atoms with van der Waals surface area (Å²) < 4.78 is 6.09. The van der Waals surface area contributed by atoms with E-state index < -0.39 is 5.97 Å². The van der Waals surface area contributed by atoms with Crippen LogP contribution in [0, 0.1) is 6.92 Å². The highest BCUT2D eigenvalue weighted by molar-refractivity contribution is 6.33. The summed E-state index contributed by atoms with van der Waals surface area (Å²) in [5.74, 6) is 0.458. The molecule has 0 saturated carbocycles. The lowest BCUT2D eigenvalue weighted by atomic mass is 10.1. The molecule has 2 heterocycles. The molecule has 24 heavy (non-hydrogen) atoms. The van der Waals surface area contributed by atoms with Gasteiger partial charge in [-0.15, -0.1) is 0 Å². The Balaban J connectivity index is 1.64. The quantitative estimate of drug-likeness (QED) is 0.912. The number of aromatic carboxylic acids is 1. The minimum atomic E-state index is -1.11. The van der Waals surface area contributed by atoms with E-state index in [1.165, 1.54) is 0 Å². The van der Waals surface area contributed by atoms with Crippen molar-refractivity contribution in [1.82, 2.24) is 4.98 Å². The van der Waals surface area contributed by atoms with Crippen LogP contribution in [0.2, 0.25) is 5.02 Å². The highest BCUT2D eigenvalue weighted by Gasteiger charge is 2.23. The number of para-hydroxylation sites is 1. The summed E-state index contributed by atoms with van der Waals surface area (Å²) >= 11 is 5.88. The third-order valence-electron chi connectivity index (χ3n) is 4.19. The zero-order chi connectivity index (χ0) is 17.1. The third kappa shape index (κ3) is 3.62. The molecule has 1 aromatic heterocycles. The van der Waals surface area contributed by atoms with Crippen LogP contribution >= 0.6 is 11.6 Å². The second-order valence-corrected chi connectivity index (χ2v) is 6.28. The Morgan fingerprint density at radius 2 is 1.96 bits per heavy atom. The number of piperidine rings is 1. The molecule has 1 saturated heterocycles. The van der Waals surface area contributed by atoms with Crippen LogP contribution in [0.25, 0.3) is 0 Å². The van der Waals surface area contributed by atoms with Crippen LogP contribution in [0.1, 0.15) is 28.9 Å². The lowest BCUT2D eigenvalue weighted by molar-refractivity contribution is 0.0690. The highest BCUT2D eigenvalue weighted by Crippen LogP contribution is 2.25. The molecule has 1 aromatic carbocycles. The van der Waals surface area contributed by atoms with Gasteiger partial charge in [0.2, 0.25) is 0 Å². The first-order valence-corrected chi connectivity index (χ1v) is 8.29. The number of anilines is 1. The Bertz CT molecular complexity index is 743. The number of pyridine rings is 1. The van der Waals surface area contributed by atoms with Crippen LogP contribution < -0.4 is 9.64 Å². The minimum absolute atomic E-state index is 0.104. The number of hydrogen-bond acceptors (Lipinski definition) is 4. The van der Waals surface area contributed by atoms with E-state index in [9.17, 15) is 4.79 Å². The number of carboxylic acid groups (broad SMARTS) is 1. The molecule has 1 N–H and O–H groups in total. The largest absolute Gasteiger partial charge is 0.490 e. The van der Waals surface area contributed by atoms with E-state index in [0.717, 1.165) is 37.2 Å². The van der Waals surface area contributed by atoms with Gasteiger partial charge < -0.3 is 14.7 Å². The van der Waals surface area contributed by atoms with E-state index in [1.54, 1.807) is 12.1 Å². The fraction of sp³-hybridized carbons (Fsp3) is 0.333. The first kappa shape index (κ1) is 16.6. The van der Waals surface area contributed by atoms with E-state index in [1.807, 2.05) is 31.2 Å². The van der Waals surface area contributed by atoms with Crippen molar-refractivity contribution in [3.8, 4) is 5.75 Å². The minimum Gasteiger partial charge on any atom is -0.490 e. The standard InChI is InChI=1S/C18H19ClN2O3/c1-12-4-2-3-5-15(12)24-13-8-10-21(11-9-13)16-7-6-14(19)17(20-16)18(22)23/h2-7,13H,8-11H2,1H3,(H,22,23). The van der Waals surface area contributed by atoms with Crippen molar-refractivity contribution in [3.05, 3.63) is 52.7 Å². The Morgan fingerprint density at radius 3 is 2.62 bits per heavy atom. The SMILES string of the molecule is Cc1ccccc1OC1CCN(c2ccc(Cl)c(C(=O)O)n2)CC1. The fourth-order valence-corrected chi connectivity index (χ4v) is 3.01. The van der Waals surface area contributed by atoms with Crippen LogP contribution in [0.4, 0.5) is 5.82 Å². The van der Waals surface area contributed by atoms with Gasteiger partial charge in [0, 0.05) is 25.9 Å². The van der Waals surface area contributed by atoms with Crippen molar-refractivity contribution in [2.75, 3.05) is 18.0 Å². The Labute approximate surface area is 145 Å². The average Bonchev–Trinajstić information content (AvgIpc) is 2.58. The number of aryl methyl sites for hydroxylation is 1. The first-order chi connectivity index (χ1) is 11.5. The second-order valence-electron chi connectivity index (χ2n) is 5.87. The van der Waals surface area contributed by atoms with Crippen LogP contribution in [0.3, 0.4) is 0 Å². The summed E-state index contributed by atoms with van der Waals surface area (Å²) in [7, 11) is 0. The maximum atomic E-state index is 11.2. The zero-order valence-electron chi connectivity index (χ0n) is 13.4. The summed E-state index contributed by atoms with van der Waals surface area (Å²) in [5.41, 5.74) is 1.03. The van der Waals surface area contributed by atoms with Crippen LogP contribution in [0.5, 0.6) is 5.75 Å². The maximum Gasteiger partial charge on any atom is 0.356 e. The number of carboxylic acids is 1. The summed E-state index contributed by atoms with van der Waals surface area (Å²) in [5, 5.41) is 9.29. The molecular formula is C18H19ClN2O3. The normalized spacial score (nSPS) is 15.3. The molecule has 126 valence electrons. The van der Waals surface area contributed by atoms with Gasteiger partial charge in [0.1, 0.15) is 17.7 Å². The topological polar surface area (TPSA) is 62.7 Å². The molecule has 0 unspecified atom stereocenters. The van der Waals surface area contributed by atoms with Crippen molar-refractivity contribution in [2.45, 2.75) is 25.9 Å². The van der Waals surface area contributed by atoms with Gasteiger partial charge in [-0.05, 0) is 30.7 Å². The number of aromatic nitrogens is 1. The Kier molecular flexibility index (Phi) is 4.90. The highest BCUT2D eigenvalue weighted by atomic mass is 35.5. The molecule has 0 atom stereocenters. The summed E-state index contributed by atoms with van der Waals surface area (Å²) in [6, 6.07) is 11.3. The Hall–Kier alpha value is -2.27. The third-order valence-corrected chi connectivity index (χ3v) is 4.49. The van der Waals surface area contributed by atoms with Gasteiger partial charge >= 0.3 is 5.97 Å². The van der Waals surface area contributed by atoms with Crippen LogP contribution in [-0.2, 0) is 0 Å². The molecular weight excluding hydrogens is 328 g/mol. The molecule has 6 heteroatoms. The Morgan fingerprint density at radius 1 is 1.25 bits per heavy atom. The van der Waals surface area contributed by atoms with Gasteiger partial charge in [0.15, 0.2) is 5.69 Å². The average molecular weight is 347 g/mol. The van der Waals surface area contributed by atoms with E-state index >= 15 is 0 Å². The molecule has 0 amide bonds. The molecule has 1 aliphatic rings. The fourth-order valence-electron chi connectivity index (χ4n) is 2.83. The number of nitrogens with zero attached hydrogens (tertiary/aromatic N) is 2. The van der Waals surface area contributed by atoms with Crippen LogP contribution in [-0.4, -0.2) is 35.3 Å². The number of ether oxygens (including phenoxy) is 1. The van der Waals surface area contributed by atoms with Crippen molar-refractivity contribution in [2.24, 2.45) is 0 Å². The van der Waals surface area contributed by atoms with Crippen molar-refractivity contribution >= 4 is 23.4 Å². The monoisotopic (exact) mass is 346 g/mol. The van der Waals surface area contributed by atoms with E-state index in [-0.39, 0.29) is 16.8 Å². The molecule has 1 fully saturated rings. The predicted molar refractivity (Wildman–Crippen MR) is 93.2 cm³/mol. The van der Waals surface area contributed by atoms with Gasteiger partial charge in [-0.1, -0.05) is 29.8 Å². The molecule has 5 nitrogen and oxygen atoms in total. The molecule has 0 radical (unpaired) electrons. The number of benzene rings is 1. The van der Waals surface area contributed by atoms with Crippen molar-refractivity contribution < 1.29 is 14.6 Å². The number of rotatable bonds is 4. The van der Waals surface area contributed by atoms with Crippen LogP contribution in [0.15, 0.2) is 36.4 Å². The predicted octanol–water partition coefficient (Wildman–Crippen LogP) is 3.79. The smallest absolute Gasteiger partial charge is 0.356 e. The maximum absolute atomic E-state index is 11.2.